The SMILES string of the molecule is COc1cccc(CCN)c1OCCc1ccsc1. The number of para-hydroxylation sites is 1. The van der Waals surface area contributed by atoms with Crippen molar-refractivity contribution < 1.29 is 9.47 Å². The Hall–Kier alpha value is -1.52. The highest BCUT2D eigenvalue weighted by molar-refractivity contribution is 7.07. The molecule has 1 aromatic heterocycles. The minimum Gasteiger partial charge on any atom is -0.493 e. The predicted octanol–water partition coefficient (Wildman–Crippen LogP) is 2.88. The molecule has 0 saturated carbocycles. The second-order valence-electron chi connectivity index (χ2n) is 4.22. The number of nitrogens with two attached hydrogens (primary N) is 1. The normalized spacial score (nSPS) is 10.4. The first-order valence-electron chi connectivity index (χ1n) is 6.35. The first-order valence-corrected chi connectivity index (χ1v) is 7.29. The number of thiophene rings is 1. The summed E-state index contributed by atoms with van der Waals surface area (Å²) in [5.74, 6) is 1.60. The third kappa shape index (κ3) is 3.72. The molecular formula is C15H19NO2S. The lowest BCUT2D eigenvalue weighted by Crippen LogP contribution is -2.08. The first kappa shape index (κ1) is 13.9. The Morgan fingerprint density at radius 3 is 2.79 bits per heavy atom. The van der Waals surface area contributed by atoms with Crippen LogP contribution in [0.5, 0.6) is 11.5 Å². The highest BCUT2D eigenvalue weighted by atomic mass is 32.1. The standard InChI is InChI=1S/C15H19NO2S/c1-17-14-4-2-3-13(5-8-16)15(14)18-9-6-12-7-10-19-11-12/h2-4,7,10-11H,5-6,8-9,16H2,1H3. The van der Waals surface area contributed by atoms with E-state index in [9.17, 15) is 0 Å². The summed E-state index contributed by atoms with van der Waals surface area (Å²) in [6, 6.07) is 8.04. The van der Waals surface area contributed by atoms with Gasteiger partial charge in [-0.05, 0) is 47.0 Å². The molecule has 0 radical (unpaired) electrons. The lowest BCUT2D eigenvalue weighted by Gasteiger charge is -2.14. The maximum Gasteiger partial charge on any atom is 0.164 e. The van der Waals surface area contributed by atoms with E-state index in [2.05, 4.69) is 16.8 Å². The molecule has 1 heterocycles. The van der Waals surface area contributed by atoms with Crippen LogP contribution in [0.1, 0.15) is 11.1 Å². The minimum absolute atomic E-state index is 0.605. The van der Waals surface area contributed by atoms with E-state index < -0.39 is 0 Å². The Morgan fingerprint density at radius 1 is 1.21 bits per heavy atom. The average Bonchev–Trinajstić information content (AvgIpc) is 2.93. The molecule has 0 aliphatic heterocycles. The van der Waals surface area contributed by atoms with Gasteiger partial charge in [0.05, 0.1) is 13.7 Å². The maximum absolute atomic E-state index is 5.91. The van der Waals surface area contributed by atoms with Crippen LogP contribution < -0.4 is 15.2 Å². The van der Waals surface area contributed by atoms with E-state index in [1.54, 1.807) is 18.4 Å². The van der Waals surface area contributed by atoms with Crippen LogP contribution in [0.15, 0.2) is 35.0 Å². The first-order chi connectivity index (χ1) is 9.35. The Morgan fingerprint density at radius 2 is 2.11 bits per heavy atom. The second-order valence-corrected chi connectivity index (χ2v) is 5.00. The van der Waals surface area contributed by atoms with E-state index in [4.69, 9.17) is 15.2 Å². The monoisotopic (exact) mass is 277 g/mol. The summed E-state index contributed by atoms with van der Waals surface area (Å²) in [7, 11) is 1.66. The van der Waals surface area contributed by atoms with Crippen LogP contribution in [0.25, 0.3) is 0 Å². The van der Waals surface area contributed by atoms with E-state index in [1.807, 2.05) is 18.2 Å². The van der Waals surface area contributed by atoms with Gasteiger partial charge in [-0.2, -0.15) is 11.3 Å². The molecule has 0 unspecified atom stereocenters. The maximum atomic E-state index is 5.91. The molecular weight excluding hydrogens is 258 g/mol. The van der Waals surface area contributed by atoms with Crippen LogP contribution in [0.3, 0.4) is 0 Å². The molecule has 4 heteroatoms. The van der Waals surface area contributed by atoms with Gasteiger partial charge in [0.15, 0.2) is 11.5 Å². The van der Waals surface area contributed by atoms with E-state index in [-0.39, 0.29) is 0 Å². The molecule has 3 nitrogen and oxygen atoms in total. The summed E-state index contributed by atoms with van der Waals surface area (Å²) in [5, 5.41) is 4.23. The van der Waals surface area contributed by atoms with Gasteiger partial charge in [0.1, 0.15) is 0 Å². The van der Waals surface area contributed by atoms with Crippen LogP contribution >= 0.6 is 11.3 Å². The zero-order valence-electron chi connectivity index (χ0n) is 11.1. The molecule has 2 rings (SSSR count). The van der Waals surface area contributed by atoms with Crippen LogP contribution in [-0.2, 0) is 12.8 Å². The molecule has 0 aliphatic rings. The largest absolute Gasteiger partial charge is 0.493 e. The van der Waals surface area contributed by atoms with Gasteiger partial charge in [0.2, 0.25) is 0 Å². The quantitative estimate of drug-likeness (QED) is 0.846. The van der Waals surface area contributed by atoms with Crippen LogP contribution in [-0.4, -0.2) is 20.3 Å². The van der Waals surface area contributed by atoms with E-state index in [0.29, 0.717) is 13.2 Å². The van der Waals surface area contributed by atoms with Crippen molar-refractivity contribution >= 4 is 11.3 Å². The summed E-state index contributed by atoms with van der Waals surface area (Å²) in [5.41, 5.74) is 8.04. The topological polar surface area (TPSA) is 44.5 Å². The van der Waals surface area contributed by atoms with Gasteiger partial charge < -0.3 is 15.2 Å². The molecule has 0 fully saturated rings. The van der Waals surface area contributed by atoms with Crippen molar-refractivity contribution in [2.45, 2.75) is 12.8 Å². The Balaban J connectivity index is 2.04. The molecule has 0 atom stereocenters. The zero-order chi connectivity index (χ0) is 13.5. The Bertz CT molecular complexity index is 497. The summed E-state index contributed by atoms with van der Waals surface area (Å²) in [6.07, 6.45) is 1.70. The summed E-state index contributed by atoms with van der Waals surface area (Å²) in [6.45, 7) is 1.25. The fourth-order valence-corrected chi connectivity index (χ4v) is 2.65. The zero-order valence-corrected chi connectivity index (χ0v) is 11.9. The molecule has 0 bridgehead atoms. The van der Waals surface area contributed by atoms with Crippen LogP contribution in [0.4, 0.5) is 0 Å². The van der Waals surface area contributed by atoms with Gasteiger partial charge in [0.25, 0.3) is 0 Å². The Kier molecular flexibility index (Phi) is 5.24. The fraction of sp³-hybridized carbons (Fsp3) is 0.333. The van der Waals surface area contributed by atoms with E-state index in [1.165, 1.54) is 5.56 Å². The molecule has 102 valence electrons. The van der Waals surface area contributed by atoms with E-state index in [0.717, 1.165) is 29.9 Å². The van der Waals surface area contributed by atoms with Crippen molar-refractivity contribution in [3.05, 3.63) is 46.2 Å². The van der Waals surface area contributed by atoms with Crippen molar-refractivity contribution in [3.63, 3.8) is 0 Å². The third-order valence-corrected chi connectivity index (χ3v) is 3.64. The molecule has 19 heavy (non-hydrogen) atoms. The molecule has 0 spiro atoms. The number of benzene rings is 1. The molecule has 2 N–H and O–H groups in total. The summed E-state index contributed by atoms with van der Waals surface area (Å²) >= 11 is 1.71. The van der Waals surface area contributed by atoms with Crippen molar-refractivity contribution in [1.29, 1.82) is 0 Å². The number of hydrogen-bond acceptors (Lipinski definition) is 4. The van der Waals surface area contributed by atoms with Crippen molar-refractivity contribution in [1.82, 2.24) is 0 Å². The van der Waals surface area contributed by atoms with Crippen molar-refractivity contribution in [3.8, 4) is 11.5 Å². The van der Waals surface area contributed by atoms with Gasteiger partial charge in [-0.3, -0.25) is 0 Å². The van der Waals surface area contributed by atoms with Gasteiger partial charge >= 0.3 is 0 Å². The molecule has 0 aliphatic carbocycles. The average molecular weight is 277 g/mol. The van der Waals surface area contributed by atoms with Crippen molar-refractivity contribution in [2.24, 2.45) is 5.73 Å². The third-order valence-electron chi connectivity index (χ3n) is 2.91. The second kappa shape index (κ2) is 7.16. The minimum atomic E-state index is 0.605. The van der Waals surface area contributed by atoms with Crippen LogP contribution in [0.2, 0.25) is 0 Å². The molecule has 2 aromatic rings. The smallest absolute Gasteiger partial charge is 0.164 e. The number of rotatable bonds is 7. The van der Waals surface area contributed by atoms with Gasteiger partial charge in [-0.15, -0.1) is 0 Å². The van der Waals surface area contributed by atoms with Crippen LogP contribution in [0, 0.1) is 0 Å². The van der Waals surface area contributed by atoms with Crippen molar-refractivity contribution in [2.75, 3.05) is 20.3 Å². The highest BCUT2D eigenvalue weighted by Crippen LogP contribution is 2.31. The predicted molar refractivity (Wildman–Crippen MR) is 79.3 cm³/mol. The molecule has 1 aromatic carbocycles. The Labute approximate surface area is 118 Å². The molecule has 0 amide bonds. The lowest BCUT2D eigenvalue weighted by molar-refractivity contribution is 0.294. The van der Waals surface area contributed by atoms with E-state index >= 15 is 0 Å². The summed E-state index contributed by atoms with van der Waals surface area (Å²) in [4.78, 5) is 0. The highest BCUT2D eigenvalue weighted by Gasteiger charge is 2.10. The summed E-state index contributed by atoms with van der Waals surface area (Å²) < 4.78 is 11.3. The van der Waals surface area contributed by atoms with Gasteiger partial charge in [-0.25, -0.2) is 0 Å². The number of hydrogen-bond donors (Lipinski definition) is 1. The van der Waals surface area contributed by atoms with Gasteiger partial charge in [0, 0.05) is 6.42 Å². The lowest BCUT2D eigenvalue weighted by atomic mass is 10.1. The fourth-order valence-electron chi connectivity index (χ4n) is 1.94. The molecule has 0 saturated heterocycles. The number of methoxy groups -OCH3 is 1. The number of ether oxygens (including phenoxy) is 2. The van der Waals surface area contributed by atoms with Gasteiger partial charge in [-0.1, -0.05) is 12.1 Å².